The first-order chi connectivity index (χ1) is 11.2. The summed E-state index contributed by atoms with van der Waals surface area (Å²) in [5, 5.41) is 3.16. The van der Waals surface area contributed by atoms with Crippen molar-refractivity contribution in [2.75, 3.05) is 25.5 Å². The molecule has 3 rings (SSSR count). The molecular weight excluding hydrogens is 299 g/mol. The quantitative estimate of drug-likeness (QED) is 0.860. The van der Waals surface area contributed by atoms with Gasteiger partial charge in [-0.1, -0.05) is 0 Å². The van der Waals surface area contributed by atoms with Crippen molar-refractivity contribution in [1.82, 2.24) is 24.8 Å². The van der Waals surface area contributed by atoms with E-state index in [0.717, 1.165) is 5.56 Å². The van der Waals surface area contributed by atoms with Crippen LogP contribution in [-0.2, 0) is 6.54 Å². The number of ether oxygens (including phenoxy) is 1. The van der Waals surface area contributed by atoms with Crippen LogP contribution in [0.2, 0.25) is 0 Å². The van der Waals surface area contributed by atoms with Gasteiger partial charge in [0.05, 0.1) is 7.11 Å². The fourth-order valence-electron chi connectivity index (χ4n) is 2.72. The molecule has 2 aromatic rings. The molecule has 0 radical (unpaired) electrons. The Labute approximate surface area is 134 Å². The van der Waals surface area contributed by atoms with E-state index in [-0.39, 0.29) is 6.04 Å². The molecule has 7 nitrogen and oxygen atoms in total. The van der Waals surface area contributed by atoms with Crippen LogP contribution in [0.1, 0.15) is 12.0 Å². The van der Waals surface area contributed by atoms with Crippen molar-refractivity contribution in [1.29, 1.82) is 0 Å². The molecule has 1 fully saturated rings. The molecule has 0 aromatic carbocycles. The summed E-state index contributed by atoms with van der Waals surface area (Å²) in [6.45, 7) is 1.62. The molecule has 0 amide bonds. The highest BCUT2D eigenvalue weighted by atomic mass is 19.1. The number of methoxy groups -OCH3 is 1. The van der Waals surface area contributed by atoms with E-state index in [9.17, 15) is 4.39 Å². The fourth-order valence-corrected chi connectivity index (χ4v) is 2.72. The normalized spacial score (nSPS) is 21.3. The highest BCUT2D eigenvalue weighted by Gasteiger charge is 2.32. The van der Waals surface area contributed by atoms with Crippen molar-refractivity contribution in [3.05, 3.63) is 36.5 Å². The van der Waals surface area contributed by atoms with Gasteiger partial charge in [0.1, 0.15) is 12.5 Å². The Hall–Kier alpha value is -2.35. The van der Waals surface area contributed by atoms with Gasteiger partial charge in [0.15, 0.2) is 0 Å². The average molecular weight is 318 g/mol. The molecule has 0 aliphatic carbocycles. The van der Waals surface area contributed by atoms with E-state index in [2.05, 4.69) is 30.2 Å². The van der Waals surface area contributed by atoms with Crippen molar-refractivity contribution in [3.63, 3.8) is 0 Å². The summed E-state index contributed by atoms with van der Waals surface area (Å²) < 4.78 is 18.9. The second-order valence-corrected chi connectivity index (χ2v) is 5.47. The Kier molecular flexibility index (Phi) is 4.92. The van der Waals surface area contributed by atoms with E-state index in [4.69, 9.17) is 4.74 Å². The zero-order valence-corrected chi connectivity index (χ0v) is 12.9. The van der Waals surface area contributed by atoms with Gasteiger partial charge in [-0.3, -0.25) is 4.90 Å². The molecule has 1 aliphatic rings. The highest BCUT2D eigenvalue weighted by Crippen LogP contribution is 2.22. The molecule has 122 valence electrons. The molecule has 0 spiro atoms. The Morgan fingerprint density at radius 2 is 2.22 bits per heavy atom. The molecule has 1 N–H and O–H groups in total. The minimum Gasteiger partial charge on any atom is -0.481 e. The number of nitrogens with zero attached hydrogens (tertiary/aromatic N) is 5. The Morgan fingerprint density at radius 1 is 1.39 bits per heavy atom. The summed E-state index contributed by atoms with van der Waals surface area (Å²) in [4.78, 5) is 18.4. The van der Waals surface area contributed by atoms with Crippen LogP contribution in [0.15, 0.2) is 31.0 Å². The van der Waals surface area contributed by atoms with Crippen LogP contribution in [0.5, 0.6) is 5.88 Å². The van der Waals surface area contributed by atoms with Crippen LogP contribution in [-0.4, -0.2) is 57.2 Å². The highest BCUT2D eigenvalue weighted by molar-refractivity contribution is 5.27. The lowest BCUT2D eigenvalue weighted by Crippen LogP contribution is -2.34. The number of likely N-dealkylation sites (tertiary alicyclic amines) is 1. The SMILES string of the molecule is COc1ccnc(NC[C@@H]2C[C@H](F)CN2Cc2cncnc2)n1. The number of halogens is 1. The van der Waals surface area contributed by atoms with Gasteiger partial charge in [-0.25, -0.2) is 19.3 Å². The first-order valence-electron chi connectivity index (χ1n) is 7.47. The average Bonchev–Trinajstić information content (AvgIpc) is 2.93. The van der Waals surface area contributed by atoms with Gasteiger partial charge in [0.25, 0.3) is 0 Å². The molecule has 1 saturated heterocycles. The van der Waals surface area contributed by atoms with Gasteiger partial charge in [-0.2, -0.15) is 4.98 Å². The van der Waals surface area contributed by atoms with Crippen LogP contribution >= 0.6 is 0 Å². The Morgan fingerprint density at radius 3 is 3.00 bits per heavy atom. The first kappa shape index (κ1) is 15.5. The van der Waals surface area contributed by atoms with E-state index < -0.39 is 6.17 Å². The van der Waals surface area contributed by atoms with E-state index >= 15 is 0 Å². The van der Waals surface area contributed by atoms with Crippen LogP contribution in [0.4, 0.5) is 10.3 Å². The summed E-state index contributed by atoms with van der Waals surface area (Å²) >= 11 is 0. The Bertz CT molecular complexity index is 628. The molecule has 1 aliphatic heterocycles. The number of aromatic nitrogens is 4. The number of hydrogen-bond acceptors (Lipinski definition) is 7. The molecule has 0 saturated carbocycles. The number of hydrogen-bond donors (Lipinski definition) is 1. The van der Waals surface area contributed by atoms with Gasteiger partial charge in [-0.05, 0) is 6.42 Å². The third-order valence-corrected chi connectivity index (χ3v) is 3.81. The maximum Gasteiger partial charge on any atom is 0.225 e. The second kappa shape index (κ2) is 7.28. The summed E-state index contributed by atoms with van der Waals surface area (Å²) in [7, 11) is 1.56. The van der Waals surface area contributed by atoms with E-state index in [0.29, 0.717) is 37.9 Å². The van der Waals surface area contributed by atoms with Crippen molar-refractivity contribution < 1.29 is 9.13 Å². The Balaban J connectivity index is 1.60. The lowest BCUT2D eigenvalue weighted by Gasteiger charge is -2.24. The first-order valence-corrected chi connectivity index (χ1v) is 7.47. The zero-order valence-electron chi connectivity index (χ0n) is 12.9. The standard InChI is InChI=1S/C15H19FN6O/c1-23-14-2-3-19-15(21-14)20-7-13-4-12(16)9-22(13)8-11-5-17-10-18-6-11/h2-3,5-6,10,12-13H,4,7-9H2,1H3,(H,19,20,21)/t12-,13-/m0/s1. The smallest absolute Gasteiger partial charge is 0.225 e. The van der Waals surface area contributed by atoms with Crippen molar-refractivity contribution in [2.24, 2.45) is 0 Å². The lowest BCUT2D eigenvalue weighted by molar-refractivity contribution is 0.241. The van der Waals surface area contributed by atoms with Gasteiger partial charge in [0, 0.05) is 55.9 Å². The minimum atomic E-state index is -0.822. The van der Waals surface area contributed by atoms with E-state index in [1.54, 1.807) is 31.8 Å². The molecule has 2 atom stereocenters. The molecule has 3 heterocycles. The van der Waals surface area contributed by atoms with Crippen LogP contribution in [0.3, 0.4) is 0 Å². The van der Waals surface area contributed by atoms with Crippen molar-refractivity contribution in [3.8, 4) is 5.88 Å². The van der Waals surface area contributed by atoms with Crippen molar-refractivity contribution >= 4 is 5.95 Å². The van der Waals surface area contributed by atoms with Gasteiger partial charge in [0.2, 0.25) is 11.8 Å². The molecular formula is C15H19FN6O. The van der Waals surface area contributed by atoms with Crippen LogP contribution in [0, 0.1) is 0 Å². The lowest BCUT2D eigenvalue weighted by atomic mass is 10.2. The van der Waals surface area contributed by atoms with Crippen LogP contribution < -0.4 is 10.1 Å². The van der Waals surface area contributed by atoms with E-state index in [1.165, 1.54) is 6.33 Å². The van der Waals surface area contributed by atoms with Gasteiger partial charge < -0.3 is 10.1 Å². The summed E-state index contributed by atoms with van der Waals surface area (Å²) in [6.07, 6.45) is 6.30. The maximum atomic E-state index is 13.8. The monoisotopic (exact) mass is 318 g/mol. The predicted octanol–water partition coefficient (Wildman–Crippen LogP) is 1.30. The van der Waals surface area contributed by atoms with Crippen molar-refractivity contribution in [2.45, 2.75) is 25.2 Å². The number of anilines is 1. The molecule has 0 unspecified atom stereocenters. The molecule has 2 aromatic heterocycles. The molecule has 23 heavy (non-hydrogen) atoms. The minimum absolute atomic E-state index is 0.0695. The van der Waals surface area contributed by atoms with E-state index in [1.807, 2.05) is 0 Å². The predicted molar refractivity (Wildman–Crippen MR) is 82.8 cm³/mol. The number of nitrogens with one attached hydrogen (secondary N) is 1. The fraction of sp³-hybridized carbons (Fsp3) is 0.467. The van der Waals surface area contributed by atoms with Crippen LogP contribution in [0.25, 0.3) is 0 Å². The summed E-state index contributed by atoms with van der Waals surface area (Å²) in [5.41, 5.74) is 0.976. The third kappa shape index (κ3) is 4.10. The summed E-state index contributed by atoms with van der Waals surface area (Å²) in [5.74, 6) is 0.977. The van der Waals surface area contributed by atoms with Gasteiger partial charge in [-0.15, -0.1) is 0 Å². The van der Waals surface area contributed by atoms with Gasteiger partial charge >= 0.3 is 0 Å². The molecule has 8 heteroatoms. The molecule has 0 bridgehead atoms. The number of alkyl halides is 1. The summed E-state index contributed by atoms with van der Waals surface area (Å²) in [6, 6.07) is 1.75. The second-order valence-electron chi connectivity index (χ2n) is 5.47. The number of rotatable bonds is 6. The maximum absolute atomic E-state index is 13.8. The zero-order chi connectivity index (χ0) is 16.1. The largest absolute Gasteiger partial charge is 0.481 e. The third-order valence-electron chi connectivity index (χ3n) is 3.81. The topological polar surface area (TPSA) is 76.1 Å².